The second kappa shape index (κ2) is 2.92. The highest BCUT2D eigenvalue weighted by Gasteiger charge is 2.38. The molecule has 2 aliphatic rings. The van der Waals surface area contributed by atoms with E-state index < -0.39 is 17.9 Å². The molecule has 1 aromatic heterocycles. The SMILES string of the molecule is O=C1CC(c2n[nH]c3c2CCC3)C(=O)O1. The Kier molecular flexibility index (Phi) is 1.68. The average Bonchev–Trinajstić information content (AvgIpc) is 2.80. The highest BCUT2D eigenvalue weighted by Crippen LogP contribution is 2.33. The number of rotatable bonds is 1. The van der Waals surface area contributed by atoms with Crippen LogP contribution in [0.15, 0.2) is 0 Å². The summed E-state index contributed by atoms with van der Waals surface area (Å²) >= 11 is 0. The Balaban J connectivity index is 1.99. The summed E-state index contributed by atoms with van der Waals surface area (Å²) in [6.07, 6.45) is 3.15. The quantitative estimate of drug-likeness (QED) is 0.535. The molecule has 78 valence electrons. The van der Waals surface area contributed by atoms with Crippen LogP contribution in [-0.2, 0) is 27.2 Å². The van der Waals surface area contributed by atoms with Gasteiger partial charge < -0.3 is 4.74 Å². The lowest BCUT2D eigenvalue weighted by Crippen LogP contribution is -2.08. The number of carbonyl (C=O) groups is 2. The van der Waals surface area contributed by atoms with Gasteiger partial charge in [0.15, 0.2) is 0 Å². The lowest BCUT2D eigenvalue weighted by Gasteiger charge is -2.01. The number of hydrogen-bond acceptors (Lipinski definition) is 4. The summed E-state index contributed by atoms with van der Waals surface area (Å²) in [5.74, 6) is -1.38. The zero-order valence-electron chi connectivity index (χ0n) is 8.08. The smallest absolute Gasteiger partial charge is 0.323 e. The van der Waals surface area contributed by atoms with Crippen molar-refractivity contribution >= 4 is 11.9 Å². The molecule has 1 unspecified atom stereocenters. The van der Waals surface area contributed by atoms with Crippen molar-refractivity contribution in [1.82, 2.24) is 10.2 Å². The van der Waals surface area contributed by atoms with Crippen LogP contribution >= 0.6 is 0 Å². The zero-order valence-corrected chi connectivity index (χ0v) is 8.08. The van der Waals surface area contributed by atoms with E-state index >= 15 is 0 Å². The predicted molar refractivity (Wildman–Crippen MR) is 49.1 cm³/mol. The Morgan fingerprint density at radius 2 is 2.20 bits per heavy atom. The number of nitrogens with zero attached hydrogens (tertiary/aromatic N) is 1. The maximum absolute atomic E-state index is 11.4. The van der Waals surface area contributed by atoms with Crippen LogP contribution in [0.1, 0.15) is 35.7 Å². The number of esters is 2. The number of ether oxygens (including phenoxy) is 1. The highest BCUT2D eigenvalue weighted by molar-refractivity contribution is 5.97. The molecular formula is C10H10N2O3. The maximum Gasteiger partial charge on any atom is 0.323 e. The molecule has 3 rings (SSSR count). The number of carbonyl (C=O) groups excluding carboxylic acids is 2. The number of hydrogen-bond donors (Lipinski definition) is 1. The molecule has 2 heterocycles. The molecule has 1 aliphatic heterocycles. The molecular weight excluding hydrogens is 196 g/mol. The summed E-state index contributed by atoms with van der Waals surface area (Å²) in [5.41, 5.74) is 2.95. The third kappa shape index (κ3) is 1.19. The molecule has 5 nitrogen and oxygen atoms in total. The molecule has 1 fully saturated rings. The van der Waals surface area contributed by atoms with E-state index in [9.17, 15) is 9.59 Å². The molecule has 0 saturated carbocycles. The molecule has 0 radical (unpaired) electrons. The number of fused-ring (bicyclic) bond motifs is 1. The van der Waals surface area contributed by atoms with E-state index in [0.717, 1.165) is 36.2 Å². The lowest BCUT2D eigenvalue weighted by atomic mass is 9.99. The van der Waals surface area contributed by atoms with Crippen molar-refractivity contribution in [2.45, 2.75) is 31.6 Å². The van der Waals surface area contributed by atoms with Gasteiger partial charge in [-0.3, -0.25) is 14.7 Å². The van der Waals surface area contributed by atoms with E-state index in [4.69, 9.17) is 0 Å². The molecule has 0 amide bonds. The number of aromatic nitrogens is 2. The van der Waals surface area contributed by atoms with Gasteiger partial charge in [-0.2, -0.15) is 5.10 Å². The Hall–Kier alpha value is -1.65. The average molecular weight is 206 g/mol. The predicted octanol–water partition coefficient (Wildman–Crippen LogP) is 0.456. The lowest BCUT2D eigenvalue weighted by molar-refractivity contribution is -0.152. The molecule has 0 bridgehead atoms. The summed E-state index contributed by atoms with van der Waals surface area (Å²) in [6.45, 7) is 0. The fourth-order valence-corrected chi connectivity index (χ4v) is 2.32. The second-order valence-electron chi connectivity index (χ2n) is 3.97. The van der Waals surface area contributed by atoms with Crippen LogP contribution in [-0.4, -0.2) is 22.1 Å². The van der Waals surface area contributed by atoms with Gasteiger partial charge in [0, 0.05) is 5.69 Å². The van der Waals surface area contributed by atoms with Gasteiger partial charge in [0.1, 0.15) is 5.92 Å². The maximum atomic E-state index is 11.4. The van der Waals surface area contributed by atoms with Crippen LogP contribution in [0.25, 0.3) is 0 Å². The summed E-state index contributed by atoms with van der Waals surface area (Å²) in [5, 5.41) is 7.06. The van der Waals surface area contributed by atoms with Gasteiger partial charge in [-0.1, -0.05) is 0 Å². The van der Waals surface area contributed by atoms with Crippen LogP contribution in [0.5, 0.6) is 0 Å². The third-order valence-corrected chi connectivity index (χ3v) is 3.04. The minimum Gasteiger partial charge on any atom is -0.393 e. The normalized spacial score (nSPS) is 24.4. The van der Waals surface area contributed by atoms with Crippen molar-refractivity contribution in [3.05, 3.63) is 17.0 Å². The Labute approximate surface area is 85.8 Å². The Bertz CT molecular complexity index is 450. The summed E-state index contributed by atoms with van der Waals surface area (Å²) in [7, 11) is 0. The van der Waals surface area contributed by atoms with E-state index in [1.807, 2.05) is 0 Å². The number of H-pyrrole nitrogens is 1. The Morgan fingerprint density at radius 3 is 2.93 bits per heavy atom. The first kappa shape index (κ1) is 8.64. The van der Waals surface area contributed by atoms with Gasteiger partial charge in [-0.25, -0.2) is 0 Å². The number of cyclic esters (lactones) is 2. The van der Waals surface area contributed by atoms with Gasteiger partial charge in [-0.05, 0) is 24.8 Å². The van der Waals surface area contributed by atoms with Gasteiger partial charge in [0.25, 0.3) is 0 Å². The first-order valence-corrected chi connectivity index (χ1v) is 5.06. The third-order valence-electron chi connectivity index (χ3n) is 3.04. The summed E-state index contributed by atoms with van der Waals surface area (Å²) in [4.78, 5) is 22.4. The second-order valence-corrected chi connectivity index (χ2v) is 3.97. The number of aromatic amines is 1. The summed E-state index contributed by atoms with van der Waals surface area (Å²) in [6, 6.07) is 0. The van der Waals surface area contributed by atoms with Crippen molar-refractivity contribution < 1.29 is 14.3 Å². The Morgan fingerprint density at radius 1 is 1.33 bits per heavy atom. The fourth-order valence-electron chi connectivity index (χ4n) is 2.32. The molecule has 1 N–H and O–H groups in total. The van der Waals surface area contributed by atoms with Crippen molar-refractivity contribution in [3.8, 4) is 0 Å². The molecule has 5 heteroatoms. The van der Waals surface area contributed by atoms with E-state index in [2.05, 4.69) is 14.9 Å². The van der Waals surface area contributed by atoms with Crippen LogP contribution in [0, 0.1) is 0 Å². The molecule has 0 spiro atoms. The van der Waals surface area contributed by atoms with E-state index in [0.29, 0.717) is 0 Å². The van der Waals surface area contributed by atoms with E-state index in [1.165, 1.54) is 0 Å². The first-order valence-electron chi connectivity index (χ1n) is 5.06. The molecule has 1 saturated heterocycles. The molecule has 1 aliphatic carbocycles. The minimum atomic E-state index is -0.476. The molecule has 1 aromatic rings. The molecule has 15 heavy (non-hydrogen) atoms. The van der Waals surface area contributed by atoms with Crippen LogP contribution in [0.4, 0.5) is 0 Å². The van der Waals surface area contributed by atoms with Gasteiger partial charge in [-0.15, -0.1) is 0 Å². The zero-order chi connectivity index (χ0) is 10.4. The fraction of sp³-hybridized carbons (Fsp3) is 0.500. The highest BCUT2D eigenvalue weighted by atomic mass is 16.6. The van der Waals surface area contributed by atoms with Crippen molar-refractivity contribution in [3.63, 3.8) is 0 Å². The molecule has 0 aromatic carbocycles. The van der Waals surface area contributed by atoms with Crippen LogP contribution in [0.3, 0.4) is 0 Å². The number of aryl methyl sites for hydroxylation is 1. The van der Waals surface area contributed by atoms with Crippen LogP contribution in [0.2, 0.25) is 0 Å². The molecule has 1 atom stereocenters. The van der Waals surface area contributed by atoms with Crippen molar-refractivity contribution in [2.75, 3.05) is 0 Å². The van der Waals surface area contributed by atoms with Gasteiger partial charge >= 0.3 is 11.9 Å². The largest absolute Gasteiger partial charge is 0.393 e. The van der Waals surface area contributed by atoms with Gasteiger partial charge in [0.05, 0.1) is 12.1 Å². The standard InChI is InChI=1S/C10H10N2O3/c13-8-4-6(10(14)15-8)9-5-2-1-3-7(5)11-12-9/h6H,1-4H2,(H,11,12). The number of nitrogens with one attached hydrogen (secondary N) is 1. The first-order chi connectivity index (χ1) is 7.25. The van der Waals surface area contributed by atoms with Crippen molar-refractivity contribution in [1.29, 1.82) is 0 Å². The summed E-state index contributed by atoms with van der Waals surface area (Å²) < 4.78 is 4.53. The minimum absolute atomic E-state index is 0.135. The topological polar surface area (TPSA) is 72.0 Å². The monoisotopic (exact) mass is 206 g/mol. The van der Waals surface area contributed by atoms with Crippen LogP contribution < -0.4 is 0 Å². The van der Waals surface area contributed by atoms with E-state index in [1.54, 1.807) is 0 Å². The van der Waals surface area contributed by atoms with E-state index in [-0.39, 0.29) is 6.42 Å². The van der Waals surface area contributed by atoms with Gasteiger partial charge in [0.2, 0.25) is 0 Å². The van der Waals surface area contributed by atoms with Crippen molar-refractivity contribution in [2.24, 2.45) is 0 Å².